The minimum Gasteiger partial charge on any atom is -0.489 e. The molecule has 3 heterocycles. The van der Waals surface area contributed by atoms with Crippen LogP contribution in [0.3, 0.4) is 0 Å². The largest absolute Gasteiger partial charge is 0.489 e. The van der Waals surface area contributed by atoms with Gasteiger partial charge in [-0.15, -0.1) is 0 Å². The SMILES string of the molecule is Cc1cn(C)c(C2CN(CC3=Cc4ccccc4OC3)CCO2)n1. The van der Waals surface area contributed by atoms with Crippen LogP contribution >= 0.6 is 0 Å². The van der Waals surface area contributed by atoms with E-state index in [2.05, 4.69) is 32.7 Å². The lowest BCUT2D eigenvalue weighted by molar-refractivity contribution is -0.0329. The number of aryl methyl sites for hydroxylation is 2. The molecule has 1 saturated heterocycles. The van der Waals surface area contributed by atoms with Crippen LogP contribution in [0.5, 0.6) is 5.75 Å². The summed E-state index contributed by atoms with van der Waals surface area (Å²) in [6.07, 6.45) is 4.34. The maximum absolute atomic E-state index is 5.96. The van der Waals surface area contributed by atoms with Gasteiger partial charge in [-0.25, -0.2) is 4.98 Å². The fourth-order valence-corrected chi connectivity index (χ4v) is 3.48. The van der Waals surface area contributed by atoms with Crippen molar-refractivity contribution in [1.82, 2.24) is 14.5 Å². The molecular weight excluding hydrogens is 302 g/mol. The predicted octanol–water partition coefficient (Wildman–Crippen LogP) is 2.58. The van der Waals surface area contributed by atoms with Crippen molar-refractivity contribution in [3.05, 3.63) is 53.1 Å². The molecule has 1 aromatic heterocycles. The lowest BCUT2D eigenvalue weighted by Gasteiger charge is -2.33. The maximum atomic E-state index is 5.96. The Balaban J connectivity index is 1.46. The van der Waals surface area contributed by atoms with Crippen LogP contribution in [0.15, 0.2) is 36.0 Å². The first-order valence-electron chi connectivity index (χ1n) is 8.44. The Morgan fingerprint density at radius 1 is 1.29 bits per heavy atom. The molecule has 5 nitrogen and oxygen atoms in total. The van der Waals surface area contributed by atoms with Crippen molar-refractivity contribution >= 4 is 6.08 Å². The molecule has 1 unspecified atom stereocenters. The standard InChI is InChI=1S/C19H23N3O2/c1-14-10-21(2)19(20-14)18-12-22(7-8-23-18)11-15-9-16-5-3-4-6-17(16)24-13-15/h3-6,9-10,18H,7-8,11-13H2,1-2H3. The summed E-state index contributed by atoms with van der Waals surface area (Å²) in [5, 5.41) is 0. The molecule has 1 fully saturated rings. The number of rotatable bonds is 3. The summed E-state index contributed by atoms with van der Waals surface area (Å²) >= 11 is 0. The van der Waals surface area contributed by atoms with Gasteiger partial charge in [-0.05, 0) is 24.6 Å². The summed E-state index contributed by atoms with van der Waals surface area (Å²) in [7, 11) is 2.03. The fourth-order valence-electron chi connectivity index (χ4n) is 3.48. The number of fused-ring (bicyclic) bond motifs is 1. The molecule has 0 N–H and O–H groups in total. The van der Waals surface area contributed by atoms with Crippen LogP contribution < -0.4 is 4.74 Å². The topological polar surface area (TPSA) is 39.5 Å². The summed E-state index contributed by atoms with van der Waals surface area (Å²) in [5.74, 6) is 1.99. The second kappa shape index (κ2) is 6.42. The third-order valence-electron chi connectivity index (χ3n) is 4.59. The number of ether oxygens (including phenoxy) is 2. The zero-order valence-electron chi connectivity index (χ0n) is 14.2. The van der Waals surface area contributed by atoms with E-state index in [1.807, 2.05) is 32.3 Å². The van der Waals surface area contributed by atoms with E-state index < -0.39 is 0 Å². The van der Waals surface area contributed by atoms with E-state index in [0.717, 1.165) is 43.5 Å². The minimum atomic E-state index is 0.0369. The Kier molecular flexibility index (Phi) is 4.12. The Morgan fingerprint density at radius 2 is 2.17 bits per heavy atom. The van der Waals surface area contributed by atoms with Gasteiger partial charge in [0.25, 0.3) is 0 Å². The highest BCUT2D eigenvalue weighted by Gasteiger charge is 2.26. The van der Waals surface area contributed by atoms with Gasteiger partial charge in [0.05, 0.1) is 12.3 Å². The van der Waals surface area contributed by atoms with Crippen molar-refractivity contribution in [3.63, 3.8) is 0 Å². The molecule has 2 aliphatic rings. The van der Waals surface area contributed by atoms with Gasteiger partial charge in [-0.1, -0.05) is 18.2 Å². The average molecular weight is 325 g/mol. The van der Waals surface area contributed by atoms with Gasteiger partial charge in [0.2, 0.25) is 0 Å². The van der Waals surface area contributed by atoms with Crippen LogP contribution in [0, 0.1) is 6.92 Å². The first-order chi connectivity index (χ1) is 11.7. The van der Waals surface area contributed by atoms with Gasteiger partial charge in [-0.3, -0.25) is 4.90 Å². The Bertz CT molecular complexity index is 766. The number of imidazole rings is 1. The number of nitrogens with zero attached hydrogens (tertiary/aromatic N) is 3. The van der Waals surface area contributed by atoms with Crippen molar-refractivity contribution in [3.8, 4) is 5.75 Å². The Hall–Kier alpha value is -2.11. The van der Waals surface area contributed by atoms with Crippen molar-refractivity contribution in [1.29, 1.82) is 0 Å². The van der Waals surface area contributed by atoms with Gasteiger partial charge in [0, 0.05) is 38.4 Å². The molecule has 2 aliphatic heterocycles. The smallest absolute Gasteiger partial charge is 0.139 e. The Labute approximate surface area is 142 Å². The zero-order chi connectivity index (χ0) is 16.5. The van der Waals surface area contributed by atoms with Gasteiger partial charge >= 0.3 is 0 Å². The van der Waals surface area contributed by atoms with Crippen molar-refractivity contribution in [2.75, 3.05) is 32.8 Å². The molecule has 0 bridgehead atoms. The van der Waals surface area contributed by atoms with Gasteiger partial charge < -0.3 is 14.0 Å². The van der Waals surface area contributed by atoms with Crippen LogP contribution in [0.4, 0.5) is 0 Å². The van der Waals surface area contributed by atoms with Gasteiger partial charge in [0.15, 0.2) is 0 Å². The van der Waals surface area contributed by atoms with E-state index in [1.54, 1.807) is 0 Å². The van der Waals surface area contributed by atoms with E-state index in [1.165, 1.54) is 11.1 Å². The number of hydrogen-bond acceptors (Lipinski definition) is 4. The van der Waals surface area contributed by atoms with Crippen LogP contribution in [-0.2, 0) is 11.8 Å². The molecular formula is C19H23N3O2. The lowest BCUT2D eigenvalue weighted by atomic mass is 10.1. The highest BCUT2D eigenvalue weighted by atomic mass is 16.5. The molecule has 0 saturated carbocycles. The number of para-hydroxylation sites is 1. The molecule has 1 atom stereocenters. The highest BCUT2D eigenvalue weighted by molar-refractivity contribution is 5.62. The number of aromatic nitrogens is 2. The van der Waals surface area contributed by atoms with E-state index in [9.17, 15) is 0 Å². The average Bonchev–Trinajstić information content (AvgIpc) is 2.93. The number of hydrogen-bond donors (Lipinski definition) is 0. The summed E-state index contributed by atoms with van der Waals surface area (Å²) < 4.78 is 13.9. The second-order valence-corrected chi connectivity index (χ2v) is 6.58. The molecule has 0 spiro atoms. The summed E-state index contributed by atoms with van der Waals surface area (Å²) in [5.41, 5.74) is 3.52. The number of morpholine rings is 1. The third-order valence-corrected chi connectivity index (χ3v) is 4.59. The summed E-state index contributed by atoms with van der Waals surface area (Å²) in [6.45, 7) is 6.15. The molecule has 2 aromatic rings. The van der Waals surface area contributed by atoms with Crippen molar-refractivity contribution in [2.24, 2.45) is 7.05 Å². The van der Waals surface area contributed by atoms with Crippen molar-refractivity contribution in [2.45, 2.75) is 13.0 Å². The normalized spacial score (nSPS) is 21.1. The minimum absolute atomic E-state index is 0.0369. The van der Waals surface area contributed by atoms with Gasteiger partial charge in [-0.2, -0.15) is 0 Å². The maximum Gasteiger partial charge on any atom is 0.139 e. The molecule has 5 heteroatoms. The molecule has 126 valence electrons. The fraction of sp³-hybridized carbons (Fsp3) is 0.421. The predicted molar refractivity (Wildman–Crippen MR) is 93.0 cm³/mol. The Morgan fingerprint density at radius 3 is 3.00 bits per heavy atom. The van der Waals surface area contributed by atoms with Gasteiger partial charge in [0.1, 0.15) is 24.3 Å². The lowest BCUT2D eigenvalue weighted by Crippen LogP contribution is -2.40. The third kappa shape index (κ3) is 3.09. The highest BCUT2D eigenvalue weighted by Crippen LogP contribution is 2.27. The summed E-state index contributed by atoms with van der Waals surface area (Å²) in [6, 6.07) is 8.19. The molecule has 24 heavy (non-hydrogen) atoms. The monoisotopic (exact) mass is 325 g/mol. The van der Waals surface area contributed by atoms with E-state index >= 15 is 0 Å². The van der Waals surface area contributed by atoms with Crippen LogP contribution in [-0.4, -0.2) is 47.3 Å². The molecule has 4 rings (SSSR count). The molecule has 0 radical (unpaired) electrons. The van der Waals surface area contributed by atoms with Crippen molar-refractivity contribution < 1.29 is 9.47 Å². The van der Waals surface area contributed by atoms with Crippen LogP contribution in [0.1, 0.15) is 23.2 Å². The summed E-state index contributed by atoms with van der Waals surface area (Å²) in [4.78, 5) is 7.05. The first-order valence-corrected chi connectivity index (χ1v) is 8.44. The van der Waals surface area contributed by atoms with E-state index in [0.29, 0.717) is 6.61 Å². The quantitative estimate of drug-likeness (QED) is 0.869. The second-order valence-electron chi connectivity index (χ2n) is 6.58. The number of benzene rings is 1. The first kappa shape index (κ1) is 15.4. The van der Waals surface area contributed by atoms with E-state index in [4.69, 9.17) is 9.47 Å². The molecule has 0 amide bonds. The molecule has 0 aliphatic carbocycles. The molecule has 1 aromatic carbocycles. The van der Waals surface area contributed by atoms with E-state index in [-0.39, 0.29) is 6.10 Å². The van der Waals surface area contributed by atoms with Crippen LogP contribution in [0.2, 0.25) is 0 Å². The zero-order valence-corrected chi connectivity index (χ0v) is 14.2. The van der Waals surface area contributed by atoms with Crippen LogP contribution in [0.25, 0.3) is 6.08 Å².